The third-order valence-corrected chi connectivity index (χ3v) is 4.78. The number of hydrogen-bond acceptors (Lipinski definition) is 2. The normalized spacial score (nSPS) is 19.3. The number of likely N-dealkylation sites (tertiary alicyclic amines) is 1. The molecule has 2 atom stereocenters. The van der Waals surface area contributed by atoms with Crippen LogP contribution in [0, 0.1) is 29.2 Å². The lowest BCUT2D eigenvalue weighted by atomic mass is 9.87. The Morgan fingerprint density at radius 1 is 1.07 bits per heavy atom. The van der Waals surface area contributed by atoms with E-state index in [1.54, 1.807) is 0 Å². The minimum absolute atomic E-state index is 0.229. The molecule has 2 aromatic rings. The molecule has 0 saturated carbocycles. The average molecular weight is 434 g/mol. The van der Waals surface area contributed by atoms with Crippen LogP contribution >= 0.6 is 0 Å². The Kier molecular flexibility index (Phi) is 5.48. The maximum Gasteiger partial charge on any atom is 0.422 e. The lowest BCUT2D eigenvalue weighted by molar-refractivity contribution is -0.142. The first-order chi connectivity index (χ1) is 13.9. The van der Waals surface area contributed by atoms with Gasteiger partial charge in [-0.05, 0) is 29.8 Å². The van der Waals surface area contributed by atoms with E-state index in [-0.39, 0.29) is 12.1 Å². The number of hydrogen-bond donors (Lipinski definition) is 1. The molecule has 1 aliphatic rings. The summed E-state index contributed by atoms with van der Waals surface area (Å²) in [4.78, 5) is 26.0. The molecule has 1 fully saturated rings. The molecule has 0 radical (unpaired) electrons. The van der Waals surface area contributed by atoms with Crippen LogP contribution in [-0.4, -0.2) is 30.3 Å². The first-order valence-electron chi connectivity index (χ1n) is 8.47. The van der Waals surface area contributed by atoms with E-state index < -0.39 is 64.3 Å². The molecule has 0 unspecified atom stereocenters. The number of benzene rings is 2. The number of amides is 2. The summed E-state index contributed by atoms with van der Waals surface area (Å²) in [5, 5.41) is 2.04. The summed E-state index contributed by atoms with van der Waals surface area (Å²) < 4.78 is 93.5. The Morgan fingerprint density at radius 2 is 1.67 bits per heavy atom. The van der Waals surface area contributed by atoms with Crippen molar-refractivity contribution < 1.29 is 40.3 Å². The molecule has 11 heteroatoms. The van der Waals surface area contributed by atoms with Crippen molar-refractivity contribution in [2.45, 2.75) is 12.1 Å². The van der Waals surface area contributed by atoms with E-state index in [0.29, 0.717) is 12.1 Å². The first-order valence-corrected chi connectivity index (χ1v) is 8.47. The van der Waals surface area contributed by atoms with E-state index in [1.165, 1.54) is 7.05 Å². The summed E-state index contributed by atoms with van der Waals surface area (Å²) in [6, 6.07) is 3.76. The Balaban J connectivity index is 1.97. The average Bonchev–Trinajstić information content (AvgIpc) is 2.92. The van der Waals surface area contributed by atoms with Gasteiger partial charge in [0.1, 0.15) is 23.1 Å². The highest BCUT2D eigenvalue weighted by Crippen LogP contribution is 2.39. The zero-order chi connectivity index (χ0) is 22.4. The van der Waals surface area contributed by atoms with E-state index in [9.17, 15) is 40.3 Å². The SMILES string of the molecule is CN1C[C@H](c2cc(F)c(C(F)(F)F)c(F)c2)[C@@H](C(=O)Nc2cccc(F)c2F)C1=O. The number of nitrogens with one attached hydrogen (secondary N) is 1. The van der Waals surface area contributed by atoms with E-state index in [4.69, 9.17) is 0 Å². The first kappa shape index (κ1) is 21.6. The van der Waals surface area contributed by atoms with Gasteiger partial charge in [0.2, 0.25) is 11.8 Å². The Bertz CT molecular complexity index is 999. The van der Waals surface area contributed by atoms with Crippen LogP contribution in [0.2, 0.25) is 0 Å². The fourth-order valence-corrected chi connectivity index (χ4v) is 3.38. The number of nitrogens with zero attached hydrogens (tertiary/aromatic N) is 1. The molecule has 3 rings (SSSR count). The van der Waals surface area contributed by atoms with Crippen molar-refractivity contribution in [3.63, 3.8) is 0 Å². The van der Waals surface area contributed by atoms with Gasteiger partial charge in [-0.25, -0.2) is 17.6 Å². The van der Waals surface area contributed by atoms with Crippen LogP contribution in [0.1, 0.15) is 17.0 Å². The molecule has 1 heterocycles. The summed E-state index contributed by atoms with van der Waals surface area (Å²) in [5.41, 5.74) is -3.01. The molecule has 2 amide bonds. The summed E-state index contributed by atoms with van der Waals surface area (Å²) in [6.07, 6.45) is -5.28. The summed E-state index contributed by atoms with van der Waals surface area (Å²) in [7, 11) is 1.28. The van der Waals surface area contributed by atoms with E-state index in [2.05, 4.69) is 0 Å². The van der Waals surface area contributed by atoms with E-state index in [1.807, 2.05) is 5.32 Å². The highest BCUT2D eigenvalue weighted by atomic mass is 19.4. The molecule has 1 N–H and O–H groups in total. The molecule has 30 heavy (non-hydrogen) atoms. The van der Waals surface area contributed by atoms with Gasteiger partial charge >= 0.3 is 6.18 Å². The predicted octanol–water partition coefficient (Wildman–Crippen LogP) is 4.07. The van der Waals surface area contributed by atoms with Crippen LogP contribution in [-0.2, 0) is 15.8 Å². The number of rotatable bonds is 3. The highest BCUT2D eigenvalue weighted by molar-refractivity contribution is 6.08. The molecule has 160 valence electrons. The second kappa shape index (κ2) is 7.62. The summed E-state index contributed by atoms with van der Waals surface area (Å²) in [6.45, 7) is -0.229. The molecule has 2 aromatic carbocycles. The monoisotopic (exact) mass is 434 g/mol. The fraction of sp³-hybridized carbons (Fsp3) is 0.263. The number of halogens is 7. The number of carbonyl (C=O) groups excluding carboxylic acids is 2. The van der Waals surface area contributed by atoms with Crippen molar-refractivity contribution in [2.24, 2.45) is 5.92 Å². The van der Waals surface area contributed by atoms with Gasteiger partial charge in [-0.3, -0.25) is 9.59 Å². The maximum absolute atomic E-state index is 14.0. The van der Waals surface area contributed by atoms with Gasteiger partial charge in [0, 0.05) is 19.5 Å². The smallest absolute Gasteiger partial charge is 0.344 e. The highest BCUT2D eigenvalue weighted by Gasteiger charge is 2.46. The summed E-state index contributed by atoms with van der Waals surface area (Å²) in [5.74, 6) is -11.2. The lowest BCUT2D eigenvalue weighted by Gasteiger charge is -2.19. The molecule has 0 bridgehead atoms. The Morgan fingerprint density at radius 3 is 2.23 bits per heavy atom. The molecule has 4 nitrogen and oxygen atoms in total. The summed E-state index contributed by atoms with van der Waals surface area (Å²) >= 11 is 0. The van der Waals surface area contributed by atoms with Crippen molar-refractivity contribution in [1.29, 1.82) is 0 Å². The van der Waals surface area contributed by atoms with Crippen molar-refractivity contribution in [3.05, 3.63) is 64.7 Å². The Labute approximate surface area is 165 Å². The predicted molar refractivity (Wildman–Crippen MR) is 90.2 cm³/mol. The van der Waals surface area contributed by atoms with Crippen LogP contribution in [0.25, 0.3) is 0 Å². The molecular formula is C19H13F7N2O2. The Hall–Kier alpha value is -3.11. The van der Waals surface area contributed by atoms with E-state index in [0.717, 1.165) is 23.1 Å². The second-order valence-electron chi connectivity index (χ2n) is 6.75. The lowest BCUT2D eigenvalue weighted by Crippen LogP contribution is -2.33. The zero-order valence-electron chi connectivity index (χ0n) is 15.2. The van der Waals surface area contributed by atoms with Crippen molar-refractivity contribution in [3.8, 4) is 0 Å². The van der Waals surface area contributed by atoms with Gasteiger partial charge in [0.05, 0.1) is 5.69 Å². The van der Waals surface area contributed by atoms with Gasteiger partial charge < -0.3 is 10.2 Å². The van der Waals surface area contributed by atoms with Gasteiger partial charge in [-0.15, -0.1) is 0 Å². The van der Waals surface area contributed by atoms with Gasteiger partial charge in [-0.1, -0.05) is 6.07 Å². The molecule has 0 aromatic heterocycles. The molecule has 1 aliphatic heterocycles. The van der Waals surface area contributed by atoms with Crippen molar-refractivity contribution in [1.82, 2.24) is 4.90 Å². The number of alkyl halides is 3. The van der Waals surface area contributed by atoms with Crippen LogP contribution < -0.4 is 5.32 Å². The molecule has 0 aliphatic carbocycles. The van der Waals surface area contributed by atoms with E-state index >= 15 is 0 Å². The fourth-order valence-electron chi connectivity index (χ4n) is 3.38. The standard InChI is InChI=1S/C19H13F7N2O2/c1-28-7-9(8-5-11(21)15(12(22)6-8)19(24,25)26)14(18(28)30)17(29)27-13-4-2-3-10(20)16(13)23/h2-6,9,14H,7H2,1H3,(H,27,29)/t9-,14+/m1/s1. The second-order valence-corrected chi connectivity index (χ2v) is 6.75. The minimum Gasteiger partial charge on any atom is -0.344 e. The van der Waals surface area contributed by atoms with Gasteiger partial charge in [0.15, 0.2) is 11.6 Å². The zero-order valence-corrected chi connectivity index (χ0v) is 15.2. The van der Waals surface area contributed by atoms with Crippen LogP contribution in [0.3, 0.4) is 0 Å². The van der Waals surface area contributed by atoms with Crippen molar-refractivity contribution in [2.75, 3.05) is 18.9 Å². The number of likely N-dealkylation sites (N-methyl/N-ethyl adjacent to an activating group) is 1. The van der Waals surface area contributed by atoms with Crippen LogP contribution in [0.4, 0.5) is 36.4 Å². The minimum atomic E-state index is -5.28. The van der Waals surface area contributed by atoms with Crippen LogP contribution in [0.15, 0.2) is 30.3 Å². The topological polar surface area (TPSA) is 49.4 Å². The maximum atomic E-state index is 14.0. The van der Waals surface area contributed by atoms with Crippen LogP contribution in [0.5, 0.6) is 0 Å². The third-order valence-electron chi connectivity index (χ3n) is 4.78. The molecule has 1 saturated heterocycles. The molecular weight excluding hydrogens is 421 g/mol. The number of carbonyl (C=O) groups is 2. The number of anilines is 1. The van der Waals surface area contributed by atoms with Gasteiger partial charge in [-0.2, -0.15) is 13.2 Å². The quantitative estimate of drug-likeness (QED) is 0.585. The van der Waals surface area contributed by atoms with Gasteiger partial charge in [0.25, 0.3) is 0 Å². The third kappa shape index (κ3) is 3.83. The molecule has 0 spiro atoms. The largest absolute Gasteiger partial charge is 0.422 e. The van der Waals surface area contributed by atoms with Crippen molar-refractivity contribution >= 4 is 17.5 Å².